The normalized spacial score (nSPS) is 12.1. The number of carbonyl (C=O) groups is 12. The van der Waals surface area contributed by atoms with E-state index in [1.165, 1.54) is 0 Å². The molecule has 0 spiro atoms. The third kappa shape index (κ3) is 45.1. The van der Waals surface area contributed by atoms with Crippen molar-refractivity contribution in [1.82, 2.24) is 31.9 Å². The van der Waals surface area contributed by atoms with Crippen LogP contribution in [-0.4, -0.2) is 160 Å². The second kappa shape index (κ2) is 46.6. The summed E-state index contributed by atoms with van der Waals surface area (Å²) in [5.41, 5.74) is 11.7. The first-order chi connectivity index (χ1) is 27.8. The van der Waals surface area contributed by atoms with Gasteiger partial charge >= 0.3 is 94.6 Å². The van der Waals surface area contributed by atoms with E-state index < -0.39 is 127 Å². The predicted octanol–water partition coefficient (Wildman–Crippen LogP) is -24.1. The fourth-order valence-corrected chi connectivity index (χ4v) is 4.25. The van der Waals surface area contributed by atoms with Gasteiger partial charge in [0.25, 0.3) is 0 Å². The number of carboxylic acid groups (broad SMARTS) is 6. The second-order valence-corrected chi connectivity index (χ2v) is 12.9. The molecule has 0 aliphatic rings. The van der Waals surface area contributed by atoms with Gasteiger partial charge in [-0.15, -0.1) is 0 Å². The van der Waals surface area contributed by atoms with Gasteiger partial charge in [-0.3, -0.25) is 33.6 Å². The molecular formula is C30H50N9Na3O20S3-2. The number of aliphatic carboxylic acids is 6. The molecule has 65 heavy (non-hydrogen) atoms. The summed E-state index contributed by atoms with van der Waals surface area (Å²) in [7, 11) is 0. The Balaban J connectivity index is -0.000000120. The van der Waals surface area contributed by atoms with E-state index in [1.807, 2.05) is 10.6 Å². The number of nitrogens with one attached hydrogen (secondary N) is 6. The van der Waals surface area contributed by atoms with Crippen molar-refractivity contribution in [1.29, 1.82) is 0 Å². The van der Waals surface area contributed by atoms with Crippen LogP contribution in [0.15, 0.2) is 0 Å². The summed E-state index contributed by atoms with van der Waals surface area (Å²) in [6, 6.07) is -6.36. The van der Waals surface area contributed by atoms with E-state index in [4.69, 9.17) is 10.8 Å². The van der Waals surface area contributed by atoms with Crippen molar-refractivity contribution in [3.05, 3.63) is 0 Å². The molecule has 17 N–H and O–H groups in total. The van der Waals surface area contributed by atoms with Crippen molar-refractivity contribution in [3.63, 3.8) is 0 Å². The predicted molar refractivity (Wildman–Crippen MR) is 202 cm³/mol. The number of amides is 6. The summed E-state index contributed by atoms with van der Waals surface area (Å²) >= 11 is 11.6. The first-order valence-corrected chi connectivity index (χ1v) is 18.9. The van der Waals surface area contributed by atoms with Crippen LogP contribution in [0.2, 0.25) is 0 Å². The molecule has 0 aromatic heterocycles. The number of carboxylic acids is 6. The minimum atomic E-state index is -1.48. The average Bonchev–Trinajstić information content (AvgIpc) is 3.18. The molecule has 0 aromatic carbocycles. The van der Waals surface area contributed by atoms with Crippen LogP contribution in [0.1, 0.15) is 38.5 Å². The van der Waals surface area contributed by atoms with E-state index in [0.29, 0.717) is 0 Å². The summed E-state index contributed by atoms with van der Waals surface area (Å²) < 4.78 is 0. The number of nitrogens with two attached hydrogens (primary N) is 1. The third-order valence-corrected chi connectivity index (χ3v) is 7.92. The number of rotatable bonds is 27. The minimum Gasteiger partial charge on any atom is -0.870 e. The number of quaternary nitrogens is 2. The zero-order valence-corrected chi connectivity index (χ0v) is 44.2. The van der Waals surface area contributed by atoms with Crippen molar-refractivity contribution in [2.75, 3.05) is 36.9 Å². The molecule has 0 saturated carbocycles. The molecule has 358 valence electrons. The summed E-state index contributed by atoms with van der Waals surface area (Å²) in [5.74, 6) is -12.3. The monoisotopic (exact) mass is 1020 g/mol. The molecule has 6 unspecified atom stereocenters. The van der Waals surface area contributed by atoms with E-state index in [1.54, 1.807) is 0 Å². The zero-order chi connectivity index (χ0) is 47.1. The summed E-state index contributed by atoms with van der Waals surface area (Å²) in [6.07, 6.45) is -0.710. The summed E-state index contributed by atoms with van der Waals surface area (Å²) in [6.45, 7) is -1.93. The van der Waals surface area contributed by atoms with E-state index in [2.05, 4.69) is 70.6 Å². The minimum absolute atomic E-state index is 0. The maximum Gasteiger partial charge on any atom is 1.00 e. The molecular weight excluding hydrogens is 972 g/mol. The zero-order valence-electron chi connectivity index (χ0n) is 35.6. The van der Waals surface area contributed by atoms with Crippen molar-refractivity contribution in [3.8, 4) is 0 Å². The first kappa shape index (κ1) is 79.6. The number of hydrogen-bond acceptors (Lipinski definition) is 23. The largest absolute Gasteiger partial charge is 1.00 e. The molecule has 0 radical (unpaired) electrons. The van der Waals surface area contributed by atoms with Crippen LogP contribution in [0, 0.1) is 0 Å². The number of carbonyl (C=O) groups excluding carboxylic acids is 11. The third-order valence-electron chi connectivity index (χ3n) is 6.82. The molecule has 29 nitrogen and oxygen atoms in total. The molecule has 0 rings (SSSR count). The Kier molecular flexibility index (Phi) is 57.0. The first-order valence-electron chi connectivity index (χ1n) is 17.0. The Morgan fingerprint density at radius 1 is 0.492 bits per heavy atom. The van der Waals surface area contributed by atoms with E-state index in [-0.39, 0.29) is 155 Å². The summed E-state index contributed by atoms with van der Waals surface area (Å²) in [4.78, 5) is 131. The van der Waals surface area contributed by atoms with Gasteiger partial charge in [-0.05, 0) is 6.42 Å². The van der Waals surface area contributed by atoms with Crippen molar-refractivity contribution < 1.29 is 199 Å². The van der Waals surface area contributed by atoms with Gasteiger partial charge < -0.3 is 115 Å². The molecule has 0 aliphatic heterocycles. The van der Waals surface area contributed by atoms with Gasteiger partial charge in [-0.1, -0.05) is 0 Å². The van der Waals surface area contributed by atoms with Crippen molar-refractivity contribution >= 4 is 109 Å². The van der Waals surface area contributed by atoms with Crippen LogP contribution in [0.4, 0.5) is 0 Å². The smallest absolute Gasteiger partial charge is 0.870 e. The Hall–Kier alpha value is -2.51. The van der Waals surface area contributed by atoms with Gasteiger partial charge in [0, 0.05) is 55.4 Å². The Labute approximate surface area is 453 Å². The van der Waals surface area contributed by atoms with Gasteiger partial charge in [-0.25, -0.2) is 0 Å². The van der Waals surface area contributed by atoms with Crippen molar-refractivity contribution in [2.45, 2.75) is 74.8 Å². The molecule has 0 aromatic rings. The Morgan fingerprint density at radius 3 is 0.969 bits per heavy atom. The van der Waals surface area contributed by atoms with Gasteiger partial charge in [-0.2, -0.15) is 37.9 Å². The molecule has 35 heteroatoms. The fourth-order valence-electron chi connectivity index (χ4n) is 3.48. The van der Waals surface area contributed by atoms with Crippen molar-refractivity contribution in [2.24, 2.45) is 5.73 Å². The molecule has 0 aliphatic carbocycles. The van der Waals surface area contributed by atoms with Crippen LogP contribution >= 0.6 is 37.9 Å². The average molecular weight is 1020 g/mol. The SMILES string of the molecule is NC(CCC(=O)NC(CS)C(=O)NCC(=O)[O-])C(=O)[O-].[NH3+]C(CCC(=O)NC(CS)C(=O)NCC(=O)O)C(=O)[O-].[NH3+]C(CCC(=O)NC(CS)C(=O)NCC(=O)[O-])C(=O)[O-].[Na+].[Na+].[Na+].[OH-].[OH-]. The van der Waals surface area contributed by atoms with Crippen LogP contribution in [0.3, 0.4) is 0 Å². The van der Waals surface area contributed by atoms with Crippen LogP contribution in [0.5, 0.6) is 0 Å². The van der Waals surface area contributed by atoms with Crippen LogP contribution in [-0.2, 0) is 57.5 Å². The van der Waals surface area contributed by atoms with E-state index in [0.717, 1.165) is 0 Å². The second-order valence-electron chi connectivity index (χ2n) is 11.8. The van der Waals surface area contributed by atoms with E-state index >= 15 is 0 Å². The number of thiol groups is 3. The van der Waals surface area contributed by atoms with Crippen LogP contribution < -0.4 is 163 Å². The maximum absolute atomic E-state index is 11.5. The number of hydrogen-bond donors (Lipinski definition) is 13. The molecule has 0 fully saturated rings. The Morgan fingerprint density at radius 2 is 0.754 bits per heavy atom. The fraction of sp³-hybridized carbons (Fsp3) is 0.600. The van der Waals surface area contributed by atoms with Crippen LogP contribution in [0.25, 0.3) is 0 Å². The topological polar surface area (TPSA) is 554 Å². The summed E-state index contributed by atoms with van der Waals surface area (Å²) in [5, 5.41) is 73.0. The standard InChI is InChI=1S/3C10H17N3O6S.3Na.2H2O/c3*11-5(10(18)19)1-2-7(14)13-6(4-20)9(17)12-3-8(15)16;;;;;/h3*5-6,20H,1-4,11H2,(H,12,17)(H,13,14)(H,15,16)(H,18,19);;;;2*1H2/q;;;3*+1;;/p-5. The van der Waals surface area contributed by atoms with Gasteiger partial charge in [0.1, 0.15) is 36.8 Å². The van der Waals surface area contributed by atoms with Gasteiger partial charge in [0.05, 0.1) is 42.9 Å². The Bertz CT molecular complexity index is 1360. The van der Waals surface area contributed by atoms with Gasteiger partial charge in [0.2, 0.25) is 35.4 Å². The van der Waals surface area contributed by atoms with E-state index in [9.17, 15) is 83.1 Å². The van der Waals surface area contributed by atoms with Gasteiger partial charge in [0.15, 0.2) is 0 Å². The quantitative estimate of drug-likeness (QED) is 0.0268. The molecule has 6 amide bonds. The maximum atomic E-state index is 11.5. The molecule has 0 bridgehead atoms. The molecule has 0 saturated heterocycles. The molecule has 6 atom stereocenters. The molecule has 0 heterocycles.